The van der Waals surface area contributed by atoms with Crippen molar-refractivity contribution < 1.29 is 21.7 Å². The fraction of sp³-hybridized carbons (Fsp3) is 0.333. The van der Waals surface area contributed by atoms with Crippen molar-refractivity contribution in [1.82, 2.24) is 4.47 Å². The quantitative estimate of drug-likeness (QED) is 0.820. The molecule has 0 bridgehead atoms. The Labute approximate surface area is 105 Å². The van der Waals surface area contributed by atoms with E-state index in [4.69, 9.17) is 9.98 Å². The van der Waals surface area contributed by atoms with Crippen LogP contribution in [-0.2, 0) is 24.9 Å². The van der Waals surface area contributed by atoms with Crippen molar-refractivity contribution in [3.8, 4) is 0 Å². The molecule has 0 amide bonds. The molecular formula is C9H12N2O5S2. The van der Waals surface area contributed by atoms with E-state index < -0.39 is 20.0 Å². The van der Waals surface area contributed by atoms with Crippen LogP contribution < -0.4 is 5.14 Å². The van der Waals surface area contributed by atoms with Gasteiger partial charge in [0, 0.05) is 6.54 Å². The van der Waals surface area contributed by atoms with Crippen LogP contribution in [0.1, 0.15) is 6.42 Å². The molecule has 0 unspecified atom stereocenters. The number of benzene rings is 1. The molecule has 18 heavy (non-hydrogen) atoms. The molecule has 1 heterocycles. The van der Waals surface area contributed by atoms with Crippen molar-refractivity contribution in [3.05, 3.63) is 24.3 Å². The minimum atomic E-state index is -3.93. The molecule has 0 radical (unpaired) electrons. The van der Waals surface area contributed by atoms with Crippen molar-refractivity contribution in [1.29, 1.82) is 0 Å². The molecule has 0 saturated carbocycles. The average Bonchev–Trinajstić information content (AvgIpc) is 2.82. The summed E-state index contributed by atoms with van der Waals surface area (Å²) in [6.07, 6.45) is 0.605. The van der Waals surface area contributed by atoms with Crippen LogP contribution in [0, 0.1) is 0 Å². The van der Waals surface area contributed by atoms with Gasteiger partial charge in [0.1, 0.15) is 0 Å². The fourth-order valence-electron chi connectivity index (χ4n) is 1.54. The lowest BCUT2D eigenvalue weighted by Gasteiger charge is -2.14. The topological polar surface area (TPSA) is 107 Å². The zero-order valence-electron chi connectivity index (χ0n) is 9.31. The Morgan fingerprint density at radius 2 is 1.83 bits per heavy atom. The van der Waals surface area contributed by atoms with Gasteiger partial charge < -0.3 is 0 Å². The third kappa shape index (κ3) is 2.54. The monoisotopic (exact) mass is 292 g/mol. The first kappa shape index (κ1) is 13.4. The van der Waals surface area contributed by atoms with Gasteiger partial charge >= 0.3 is 0 Å². The van der Waals surface area contributed by atoms with E-state index in [9.17, 15) is 16.8 Å². The number of hydroxylamine groups is 1. The van der Waals surface area contributed by atoms with E-state index in [1.807, 2.05) is 0 Å². The van der Waals surface area contributed by atoms with Gasteiger partial charge in [-0.1, -0.05) is 10.5 Å². The molecule has 0 aliphatic carbocycles. The lowest BCUT2D eigenvalue weighted by Crippen LogP contribution is -2.27. The number of nitrogens with two attached hydrogens (primary N) is 1. The van der Waals surface area contributed by atoms with Gasteiger partial charge in [0.25, 0.3) is 10.0 Å². The number of hydrogen-bond donors (Lipinski definition) is 1. The van der Waals surface area contributed by atoms with Crippen LogP contribution in [0.5, 0.6) is 0 Å². The number of sulfonamides is 2. The van der Waals surface area contributed by atoms with E-state index in [0.717, 1.165) is 10.5 Å². The van der Waals surface area contributed by atoms with E-state index in [0.29, 0.717) is 13.0 Å². The van der Waals surface area contributed by atoms with Crippen LogP contribution in [0.4, 0.5) is 0 Å². The first-order valence-electron chi connectivity index (χ1n) is 5.10. The highest BCUT2D eigenvalue weighted by Gasteiger charge is 2.29. The molecule has 1 aromatic carbocycles. The van der Waals surface area contributed by atoms with Crippen molar-refractivity contribution in [2.45, 2.75) is 16.2 Å². The summed E-state index contributed by atoms with van der Waals surface area (Å²) in [4.78, 5) is 4.56. The van der Waals surface area contributed by atoms with E-state index in [1.54, 1.807) is 0 Å². The number of nitrogens with zero attached hydrogens (tertiary/aromatic N) is 1. The molecule has 1 aliphatic rings. The van der Waals surface area contributed by atoms with Gasteiger partial charge in [-0.15, -0.1) is 0 Å². The Bertz CT molecular complexity index is 647. The second kappa shape index (κ2) is 4.59. The summed E-state index contributed by atoms with van der Waals surface area (Å²) in [6, 6.07) is 4.87. The minimum absolute atomic E-state index is 0.157. The Morgan fingerprint density at radius 3 is 2.39 bits per heavy atom. The molecule has 1 aromatic rings. The van der Waals surface area contributed by atoms with Crippen LogP contribution in [-0.4, -0.2) is 34.5 Å². The van der Waals surface area contributed by atoms with Crippen LogP contribution >= 0.6 is 0 Å². The molecule has 7 nitrogen and oxygen atoms in total. The smallest absolute Gasteiger partial charge is 0.265 e. The summed E-state index contributed by atoms with van der Waals surface area (Å²) in [7, 11) is -7.76. The van der Waals surface area contributed by atoms with E-state index >= 15 is 0 Å². The zero-order chi connectivity index (χ0) is 13.4. The molecule has 0 atom stereocenters. The summed E-state index contributed by atoms with van der Waals surface area (Å²) < 4.78 is 47.4. The molecular weight excluding hydrogens is 280 g/mol. The van der Waals surface area contributed by atoms with Gasteiger partial charge in [-0.2, -0.15) is 0 Å². The molecule has 100 valence electrons. The van der Waals surface area contributed by atoms with Crippen molar-refractivity contribution in [2.24, 2.45) is 5.14 Å². The standard InChI is InChI=1S/C9H12N2O5S2/c10-17(12,13)8-3-1-4-9(7-8)18(14,15)11-5-2-6-16-11/h1,3-4,7H,2,5-6H2,(H2,10,12,13). The SMILES string of the molecule is NS(=O)(=O)c1cccc(S(=O)(=O)N2CCCO2)c1. The minimum Gasteiger partial charge on any atom is -0.284 e. The fourth-order valence-corrected chi connectivity index (χ4v) is 3.52. The molecule has 1 saturated heterocycles. The molecule has 1 aliphatic heterocycles. The molecule has 9 heteroatoms. The van der Waals surface area contributed by atoms with Gasteiger partial charge in [-0.25, -0.2) is 22.0 Å². The maximum absolute atomic E-state index is 12.1. The first-order valence-corrected chi connectivity index (χ1v) is 8.09. The summed E-state index contributed by atoms with van der Waals surface area (Å²) >= 11 is 0. The highest BCUT2D eigenvalue weighted by molar-refractivity contribution is 7.90. The summed E-state index contributed by atoms with van der Waals surface area (Å²) in [5.41, 5.74) is 0. The van der Waals surface area contributed by atoms with Crippen LogP contribution in [0.2, 0.25) is 0 Å². The Hall–Kier alpha value is -1.00. The van der Waals surface area contributed by atoms with Gasteiger partial charge in [-0.05, 0) is 24.6 Å². The first-order chi connectivity index (χ1) is 8.32. The number of rotatable bonds is 3. The summed E-state index contributed by atoms with van der Waals surface area (Å²) in [5.74, 6) is 0. The third-order valence-electron chi connectivity index (χ3n) is 2.42. The Morgan fingerprint density at radius 1 is 1.17 bits per heavy atom. The van der Waals surface area contributed by atoms with Gasteiger partial charge in [0.05, 0.1) is 16.4 Å². The Kier molecular flexibility index (Phi) is 3.43. The van der Waals surface area contributed by atoms with Gasteiger partial charge in [0.2, 0.25) is 10.0 Å². The molecule has 2 rings (SSSR count). The number of primary sulfonamides is 1. The van der Waals surface area contributed by atoms with E-state index in [-0.39, 0.29) is 16.3 Å². The molecule has 2 N–H and O–H groups in total. The van der Waals surface area contributed by atoms with Gasteiger partial charge in [0.15, 0.2) is 0 Å². The maximum Gasteiger partial charge on any atom is 0.265 e. The highest BCUT2D eigenvalue weighted by atomic mass is 32.2. The van der Waals surface area contributed by atoms with E-state index in [1.165, 1.54) is 18.2 Å². The summed E-state index contributed by atoms with van der Waals surface area (Å²) in [6.45, 7) is 0.579. The molecule has 1 fully saturated rings. The second-order valence-electron chi connectivity index (χ2n) is 3.74. The van der Waals surface area contributed by atoms with Crippen LogP contribution in [0.15, 0.2) is 34.1 Å². The lowest BCUT2D eigenvalue weighted by atomic mass is 10.4. The van der Waals surface area contributed by atoms with Crippen molar-refractivity contribution >= 4 is 20.0 Å². The van der Waals surface area contributed by atoms with Crippen molar-refractivity contribution in [2.75, 3.05) is 13.2 Å². The second-order valence-corrected chi connectivity index (χ2v) is 7.13. The predicted molar refractivity (Wildman–Crippen MR) is 62.3 cm³/mol. The third-order valence-corrected chi connectivity index (χ3v) is 5.01. The van der Waals surface area contributed by atoms with E-state index in [2.05, 4.69) is 0 Å². The lowest BCUT2D eigenvalue weighted by molar-refractivity contribution is -0.0284. The average molecular weight is 292 g/mol. The highest BCUT2D eigenvalue weighted by Crippen LogP contribution is 2.21. The maximum atomic E-state index is 12.1. The predicted octanol–water partition coefficient (Wildman–Crippen LogP) is -0.340. The van der Waals surface area contributed by atoms with Gasteiger partial charge in [-0.3, -0.25) is 4.84 Å². The largest absolute Gasteiger partial charge is 0.284 e. The molecule has 0 aromatic heterocycles. The Balaban J connectivity index is 2.45. The normalized spacial score (nSPS) is 18.1. The zero-order valence-corrected chi connectivity index (χ0v) is 10.9. The van der Waals surface area contributed by atoms with Crippen molar-refractivity contribution in [3.63, 3.8) is 0 Å². The van der Waals surface area contributed by atoms with Crippen LogP contribution in [0.3, 0.4) is 0 Å². The number of hydrogen-bond acceptors (Lipinski definition) is 5. The summed E-state index contributed by atoms with van der Waals surface area (Å²) in [5, 5.41) is 4.95. The van der Waals surface area contributed by atoms with Crippen LogP contribution in [0.25, 0.3) is 0 Å². The molecule has 0 spiro atoms.